The highest BCUT2D eigenvalue weighted by atomic mass is 32.2. The Kier molecular flexibility index (Phi) is 5.57. The van der Waals surface area contributed by atoms with E-state index >= 15 is 0 Å². The second kappa shape index (κ2) is 7.63. The van der Waals surface area contributed by atoms with E-state index in [9.17, 15) is 17.6 Å². The molecule has 0 atom stereocenters. The molecule has 148 valence electrons. The molecule has 0 radical (unpaired) electrons. The molecule has 0 spiro atoms. The van der Waals surface area contributed by atoms with E-state index in [4.69, 9.17) is 0 Å². The van der Waals surface area contributed by atoms with E-state index in [2.05, 4.69) is 13.8 Å². The predicted molar refractivity (Wildman–Crippen MR) is 110 cm³/mol. The topological polar surface area (TPSA) is 51.2 Å². The van der Waals surface area contributed by atoms with E-state index in [0.29, 0.717) is 24.0 Å². The normalized spacial score (nSPS) is 17.9. The van der Waals surface area contributed by atoms with Crippen LogP contribution in [0, 0.1) is 11.2 Å². The van der Waals surface area contributed by atoms with Crippen LogP contribution in [0.15, 0.2) is 53.4 Å². The predicted octanol–water partition coefficient (Wildman–Crippen LogP) is 5.31. The smallest absolute Gasteiger partial charge is 0.175 e. The van der Waals surface area contributed by atoms with Gasteiger partial charge in [-0.15, -0.1) is 0 Å². The molecule has 0 unspecified atom stereocenters. The van der Waals surface area contributed by atoms with E-state index < -0.39 is 9.84 Å². The second-order valence-electron chi connectivity index (χ2n) is 8.24. The second-order valence-corrected chi connectivity index (χ2v) is 10.3. The molecule has 0 aliphatic heterocycles. The van der Waals surface area contributed by atoms with Crippen LogP contribution in [0.1, 0.15) is 50.7 Å². The first-order valence-electron chi connectivity index (χ1n) is 9.40. The highest BCUT2D eigenvalue weighted by molar-refractivity contribution is 7.90. The molecular formula is C23H25FO3S. The summed E-state index contributed by atoms with van der Waals surface area (Å²) in [7, 11) is -3.25. The van der Waals surface area contributed by atoms with Crippen molar-refractivity contribution in [3.05, 3.63) is 65.5 Å². The molecule has 1 saturated carbocycles. The molecule has 0 bridgehead atoms. The first-order chi connectivity index (χ1) is 13.1. The van der Waals surface area contributed by atoms with Gasteiger partial charge in [-0.05, 0) is 65.6 Å². The third-order valence-electron chi connectivity index (χ3n) is 5.20. The van der Waals surface area contributed by atoms with E-state index in [-0.39, 0.29) is 16.5 Å². The lowest BCUT2D eigenvalue weighted by Gasteiger charge is -2.08. The lowest BCUT2D eigenvalue weighted by atomic mass is 9.97. The Bertz CT molecular complexity index is 1010. The average molecular weight is 401 g/mol. The van der Waals surface area contributed by atoms with Crippen molar-refractivity contribution in [2.75, 3.05) is 6.26 Å². The Hall–Kier alpha value is -2.27. The number of benzene rings is 2. The summed E-state index contributed by atoms with van der Waals surface area (Å²) in [4.78, 5) is 12.5. The first-order valence-corrected chi connectivity index (χ1v) is 11.3. The fourth-order valence-electron chi connectivity index (χ4n) is 3.05. The fourth-order valence-corrected chi connectivity index (χ4v) is 3.68. The zero-order chi connectivity index (χ0) is 20.5. The van der Waals surface area contributed by atoms with Gasteiger partial charge in [-0.2, -0.15) is 0 Å². The number of allylic oxidation sites excluding steroid dienone is 2. The Labute approximate surface area is 166 Å². The Morgan fingerprint density at radius 1 is 0.857 bits per heavy atom. The van der Waals surface area contributed by atoms with Crippen LogP contribution in [0.25, 0.3) is 11.1 Å². The van der Waals surface area contributed by atoms with Gasteiger partial charge in [-0.3, -0.25) is 4.79 Å². The molecule has 0 heterocycles. The van der Waals surface area contributed by atoms with Gasteiger partial charge in [0.05, 0.1) is 4.90 Å². The van der Waals surface area contributed by atoms with Crippen molar-refractivity contribution in [1.29, 1.82) is 0 Å². The number of sulfone groups is 1. The lowest BCUT2D eigenvalue weighted by Crippen LogP contribution is -1.98. The maximum atomic E-state index is 13.1. The number of ketones is 1. The quantitative estimate of drug-likeness (QED) is 0.702. The Morgan fingerprint density at radius 2 is 1.36 bits per heavy atom. The van der Waals surface area contributed by atoms with Gasteiger partial charge in [0, 0.05) is 18.2 Å². The van der Waals surface area contributed by atoms with Crippen molar-refractivity contribution in [3.63, 3.8) is 0 Å². The number of hydrogen-bond donors (Lipinski definition) is 0. The van der Waals surface area contributed by atoms with E-state index in [0.717, 1.165) is 22.8 Å². The monoisotopic (exact) mass is 400 g/mol. The minimum absolute atomic E-state index is 0.0267. The minimum Gasteiger partial charge on any atom is -0.294 e. The summed E-state index contributed by atoms with van der Waals surface area (Å²) in [5.74, 6) is -0.322. The van der Waals surface area contributed by atoms with Crippen LogP contribution in [0.2, 0.25) is 0 Å². The summed E-state index contributed by atoms with van der Waals surface area (Å²) in [6, 6.07) is 12.4. The zero-order valence-corrected chi connectivity index (χ0v) is 17.3. The van der Waals surface area contributed by atoms with Gasteiger partial charge in [-0.25, -0.2) is 12.8 Å². The fraction of sp³-hybridized carbons (Fsp3) is 0.348. The van der Waals surface area contributed by atoms with Crippen molar-refractivity contribution in [1.82, 2.24) is 0 Å². The maximum absolute atomic E-state index is 13.1. The number of halogens is 1. The SMILES string of the molecule is CC1(C)CC1.CS(=O)(=O)c1ccc(C2=C(c3ccc(F)cc3)C(=O)CC2)cc1. The average Bonchev–Trinajstić information content (AvgIpc) is 3.19. The third-order valence-corrected chi connectivity index (χ3v) is 6.32. The van der Waals surface area contributed by atoms with Crippen molar-refractivity contribution in [2.24, 2.45) is 5.41 Å². The molecule has 5 heteroatoms. The summed E-state index contributed by atoms with van der Waals surface area (Å²) in [5.41, 5.74) is 3.73. The van der Waals surface area contributed by atoms with E-state index in [1.54, 1.807) is 36.4 Å². The first kappa shape index (κ1) is 20.5. The van der Waals surface area contributed by atoms with E-state index in [1.807, 2.05) is 0 Å². The highest BCUT2D eigenvalue weighted by Crippen LogP contribution is 2.43. The van der Waals surface area contributed by atoms with Crippen molar-refractivity contribution >= 4 is 26.8 Å². The van der Waals surface area contributed by atoms with Crippen molar-refractivity contribution in [3.8, 4) is 0 Å². The molecule has 0 amide bonds. The Balaban J connectivity index is 0.000000391. The molecule has 2 aliphatic carbocycles. The molecule has 28 heavy (non-hydrogen) atoms. The number of Topliss-reactive ketones (excluding diaryl/α,β-unsaturated/α-hetero) is 1. The number of rotatable bonds is 3. The molecule has 2 aromatic rings. The molecule has 2 aromatic carbocycles. The maximum Gasteiger partial charge on any atom is 0.175 e. The molecule has 3 nitrogen and oxygen atoms in total. The van der Waals surface area contributed by atoms with Crippen molar-refractivity contribution < 1.29 is 17.6 Å². The summed E-state index contributed by atoms with van der Waals surface area (Å²) in [6.07, 6.45) is 5.07. The molecule has 1 fully saturated rings. The Morgan fingerprint density at radius 3 is 1.82 bits per heavy atom. The van der Waals surface area contributed by atoms with Gasteiger partial charge < -0.3 is 0 Å². The molecular weight excluding hydrogens is 375 g/mol. The van der Waals surface area contributed by atoms with Gasteiger partial charge in [-0.1, -0.05) is 38.1 Å². The minimum atomic E-state index is -3.25. The van der Waals surface area contributed by atoms with Gasteiger partial charge in [0.2, 0.25) is 0 Å². The summed E-state index contributed by atoms with van der Waals surface area (Å²) < 4.78 is 36.2. The summed E-state index contributed by atoms with van der Waals surface area (Å²) >= 11 is 0. The van der Waals surface area contributed by atoms with Crippen LogP contribution < -0.4 is 0 Å². The zero-order valence-electron chi connectivity index (χ0n) is 16.5. The number of carbonyl (C=O) groups is 1. The van der Waals surface area contributed by atoms with Crippen LogP contribution >= 0.6 is 0 Å². The third kappa shape index (κ3) is 4.96. The van der Waals surface area contributed by atoms with Crippen LogP contribution in [0.4, 0.5) is 4.39 Å². The van der Waals surface area contributed by atoms with Crippen LogP contribution in [-0.4, -0.2) is 20.5 Å². The highest BCUT2D eigenvalue weighted by Gasteiger charge is 2.30. The number of carbonyl (C=O) groups excluding carboxylic acids is 1. The molecule has 0 saturated heterocycles. The standard InChI is InChI=1S/C18H15FO3S.C5H10/c1-23(21,22)15-8-4-12(5-9-15)16-10-11-17(20)18(16)13-2-6-14(19)7-3-13;1-5(2)3-4-5/h2-9H,10-11H2,1H3;3-4H2,1-2H3. The van der Waals surface area contributed by atoms with E-state index in [1.165, 1.54) is 25.0 Å². The van der Waals surface area contributed by atoms with Gasteiger partial charge >= 0.3 is 0 Å². The number of hydrogen-bond acceptors (Lipinski definition) is 3. The largest absolute Gasteiger partial charge is 0.294 e. The molecule has 0 aromatic heterocycles. The van der Waals surface area contributed by atoms with Crippen LogP contribution in [0.5, 0.6) is 0 Å². The molecule has 2 aliphatic rings. The summed E-state index contributed by atoms with van der Waals surface area (Å²) in [6.45, 7) is 4.60. The lowest BCUT2D eigenvalue weighted by molar-refractivity contribution is -0.113. The van der Waals surface area contributed by atoms with Gasteiger partial charge in [0.25, 0.3) is 0 Å². The van der Waals surface area contributed by atoms with Crippen molar-refractivity contribution in [2.45, 2.75) is 44.4 Å². The summed E-state index contributed by atoms with van der Waals surface area (Å²) in [5, 5.41) is 0. The van der Waals surface area contributed by atoms with Gasteiger partial charge in [0.1, 0.15) is 5.82 Å². The van der Waals surface area contributed by atoms with Crippen LogP contribution in [-0.2, 0) is 14.6 Å². The molecule has 4 rings (SSSR count). The molecule has 0 N–H and O–H groups in total. The van der Waals surface area contributed by atoms with Crippen LogP contribution in [0.3, 0.4) is 0 Å². The van der Waals surface area contributed by atoms with Gasteiger partial charge in [0.15, 0.2) is 15.6 Å².